The molecule has 0 fully saturated rings. The number of aliphatic carboxylic acids is 1. The Balaban J connectivity index is 1.44. The lowest BCUT2D eigenvalue weighted by Crippen LogP contribution is -2.43. The summed E-state index contributed by atoms with van der Waals surface area (Å²) in [6.45, 7) is 0.0789. The van der Waals surface area contributed by atoms with E-state index in [0.29, 0.717) is 11.3 Å². The average molecular weight is 475 g/mol. The number of hydrogen-bond acceptors (Lipinski definition) is 5. The Hall–Kier alpha value is -4.33. The van der Waals surface area contributed by atoms with Gasteiger partial charge in [0, 0.05) is 19.4 Å². The van der Waals surface area contributed by atoms with Gasteiger partial charge in [-0.25, -0.2) is 9.59 Å². The second-order valence-electron chi connectivity index (χ2n) is 8.18. The van der Waals surface area contributed by atoms with Crippen LogP contribution >= 0.6 is 0 Å². The fraction of sp³-hybridized carbons (Fsp3) is 0.222. The van der Waals surface area contributed by atoms with Crippen molar-refractivity contribution in [3.8, 4) is 16.9 Å². The summed E-state index contributed by atoms with van der Waals surface area (Å²) in [5, 5.41) is 14.6. The lowest BCUT2D eigenvalue weighted by molar-refractivity contribution is -0.139. The zero-order valence-corrected chi connectivity index (χ0v) is 19.4. The van der Waals surface area contributed by atoms with E-state index in [1.807, 2.05) is 48.5 Å². The van der Waals surface area contributed by atoms with Crippen LogP contribution in [0.5, 0.6) is 5.75 Å². The number of rotatable bonds is 8. The smallest absolute Gasteiger partial charge is 0.407 e. The first-order valence-corrected chi connectivity index (χ1v) is 11.2. The van der Waals surface area contributed by atoms with Crippen molar-refractivity contribution in [1.82, 2.24) is 10.6 Å². The summed E-state index contributed by atoms with van der Waals surface area (Å²) in [5.41, 5.74) is 5.17. The van der Waals surface area contributed by atoms with Gasteiger partial charge < -0.3 is 25.2 Å². The van der Waals surface area contributed by atoms with Crippen molar-refractivity contribution in [2.24, 2.45) is 0 Å². The number of nitrogens with one attached hydrogen (secondary N) is 2. The van der Waals surface area contributed by atoms with Gasteiger partial charge in [-0.2, -0.15) is 0 Å². The molecule has 1 aliphatic rings. The number of ether oxygens (including phenoxy) is 2. The van der Waals surface area contributed by atoms with Gasteiger partial charge in [-0.3, -0.25) is 4.79 Å². The molecule has 35 heavy (non-hydrogen) atoms. The maximum absolute atomic E-state index is 12.6. The van der Waals surface area contributed by atoms with Gasteiger partial charge in [0.15, 0.2) is 0 Å². The molecule has 1 aliphatic carbocycles. The third kappa shape index (κ3) is 4.96. The first-order valence-electron chi connectivity index (χ1n) is 11.2. The predicted molar refractivity (Wildman–Crippen MR) is 130 cm³/mol. The molecule has 0 spiro atoms. The average Bonchev–Trinajstić information content (AvgIpc) is 3.20. The molecular formula is C27H26N2O6. The number of alkyl carbamates (subject to hydrolysis) is 1. The van der Waals surface area contributed by atoms with Crippen molar-refractivity contribution in [2.45, 2.75) is 18.4 Å². The summed E-state index contributed by atoms with van der Waals surface area (Å²) in [4.78, 5) is 36.6. The lowest BCUT2D eigenvalue weighted by Gasteiger charge is -2.18. The van der Waals surface area contributed by atoms with Crippen LogP contribution in [0.3, 0.4) is 0 Å². The molecule has 2 amide bonds. The lowest BCUT2D eigenvalue weighted by atomic mass is 9.98. The van der Waals surface area contributed by atoms with E-state index in [2.05, 4.69) is 10.6 Å². The van der Waals surface area contributed by atoms with Gasteiger partial charge in [-0.1, -0.05) is 54.6 Å². The molecule has 3 aromatic rings. The Bertz CT molecular complexity index is 1230. The van der Waals surface area contributed by atoms with Crippen molar-refractivity contribution >= 4 is 18.0 Å². The van der Waals surface area contributed by atoms with Crippen molar-refractivity contribution in [3.05, 3.63) is 89.0 Å². The fourth-order valence-electron chi connectivity index (χ4n) is 4.41. The minimum absolute atomic E-state index is 0.0342. The number of amides is 2. The highest BCUT2D eigenvalue weighted by Gasteiger charge is 2.30. The van der Waals surface area contributed by atoms with Crippen LogP contribution in [-0.2, 0) is 16.0 Å². The summed E-state index contributed by atoms with van der Waals surface area (Å²) in [6, 6.07) is 19.5. The van der Waals surface area contributed by atoms with Crippen LogP contribution in [-0.4, -0.2) is 49.9 Å². The molecule has 180 valence electrons. The van der Waals surface area contributed by atoms with E-state index < -0.39 is 18.1 Å². The Kier molecular flexibility index (Phi) is 7.01. The van der Waals surface area contributed by atoms with Crippen LogP contribution in [0.4, 0.5) is 4.79 Å². The quantitative estimate of drug-likeness (QED) is 0.460. The molecule has 0 unspecified atom stereocenters. The number of carboxylic acids is 1. The summed E-state index contributed by atoms with van der Waals surface area (Å²) in [5.74, 6) is -1.34. The Labute approximate surface area is 202 Å². The molecule has 0 aromatic heterocycles. The van der Waals surface area contributed by atoms with Crippen LogP contribution < -0.4 is 15.4 Å². The first-order chi connectivity index (χ1) is 16.9. The monoisotopic (exact) mass is 474 g/mol. The molecule has 4 rings (SSSR count). The third-order valence-corrected chi connectivity index (χ3v) is 6.11. The molecule has 3 N–H and O–H groups in total. The van der Waals surface area contributed by atoms with E-state index in [-0.39, 0.29) is 30.4 Å². The van der Waals surface area contributed by atoms with E-state index in [4.69, 9.17) is 9.47 Å². The minimum atomic E-state index is -1.24. The summed E-state index contributed by atoms with van der Waals surface area (Å²) >= 11 is 0. The number of carboxylic acid groups (broad SMARTS) is 1. The largest absolute Gasteiger partial charge is 0.496 e. The SMILES string of the molecule is CNC(=O)c1cc(C[C@H](NC(=O)OCC2c3ccccc3-c3ccccc32)C(=O)O)ccc1OC. The summed E-state index contributed by atoms with van der Waals surface area (Å²) < 4.78 is 10.7. The number of fused-ring (bicyclic) bond motifs is 3. The maximum atomic E-state index is 12.6. The third-order valence-electron chi connectivity index (χ3n) is 6.11. The standard InChI is InChI=1S/C27H26N2O6/c1-28-25(30)21-13-16(11-12-24(21)34-2)14-23(26(31)32)29-27(33)35-15-22-19-9-5-3-7-17(19)18-8-4-6-10-20(18)22/h3-13,22-23H,14-15H2,1-2H3,(H,28,30)(H,29,33)(H,31,32)/t23-/m0/s1. The Morgan fingerprint density at radius 3 is 2.17 bits per heavy atom. The van der Waals surface area contributed by atoms with E-state index in [0.717, 1.165) is 22.3 Å². The van der Waals surface area contributed by atoms with Gasteiger partial charge in [0.1, 0.15) is 18.4 Å². The molecule has 0 aliphatic heterocycles. The van der Waals surface area contributed by atoms with Crippen LogP contribution in [0.1, 0.15) is 33.0 Å². The molecule has 0 bridgehead atoms. The number of carbonyl (C=O) groups is 3. The van der Waals surface area contributed by atoms with Crippen molar-refractivity contribution in [1.29, 1.82) is 0 Å². The molecule has 0 heterocycles. The normalized spacial score (nSPS) is 12.7. The Morgan fingerprint density at radius 1 is 0.971 bits per heavy atom. The number of carbonyl (C=O) groups excluding carboxylic acids is 2. The highest BCUT2D eigenvalue weighted by Crippen LogP contribution is 2.44. The van der Waals surface area contributed by atoms with E-state index >= 15 is 0 Å². The zero-order valence-electron chi connectivity index (χ0n) is 19.4. The molecule has 8 nitrogen and oxygen atoms in total. The van der Waals surface area contributed by atoms with Gasteiger partial charge in [0.2, 0.25) is 0 Å². The number of hydrogen-bond donors (Lipinski definition) is 3. The van der Waals surface area contributed by atoms with Crippen molar-refractivity contribution in [2.75, 3.05) is 20.8 Å². The molecule has 8 heteroatoms. The van der Waals surface area contributed by atoms with Gasteiger partial charge in [0.05, 0.1) is 12.7 Å². The summed E-state index contributed by atoms with van der Waals surface area (Å²) in [7, 11) is 2.94. The second-order valence-corrected chi connectivity index (χ2v) is 8.18. The maximum Gasteiger partial charge on any atom is 0.407 e. The molecule has 0 saturated heterocycles. The van der Waals surface area contributed by atoms with Crippen LogP contribution in [0.2, 0.25) is 0 Å². The minimum Gasteiger partial charge on any atom is -0.496 e. The topological polar surface area (TPSA) is 114 Å². The zero-order chi connectivity index (χ0) is 24.9. The van der Waals surface area contributed by atoms with Crippen LogP contribution in [0.25, 0.3) is 11.1 Å². The van der Waals surface area contributed by atoms with E-state index in [1.54, 1.807) is 18.2 Å². The molecule has 3 aromatic carbocycles. The molecule has 1 atom stereocenters. The number of methoxy groups -OCH3 is 1. The van der Waals surface area contributed by atoms with Gasteiger partial charge in [-0.15, -0.1) is 0 Å². The fourth-order valence-corrected chi connectivity index (χ4v) is 4.41. The predicted octanol–water partition coefficient (Wildman–Crippen LogP) is 3.59. The van der Waals surface area contributed by atoms with Crippen molar-refractivity contribution < 1.29 is 29.0 Å². The number of benzene rings is 3. The molecular weight excluding hydrogens is 448 g/mol. The van der Waals surface area contributed by atoms with Gasteiger partial charge in [-0.05, 0) is 39.9 Å². The summed E-state index contributed by atoms with van der Waals surface area (Å²) in [6.07, 6.45) is -0.854. The van der Waals surface area contributed by atoms with Crippen molar-refractivity contribution in [3.63, 3.8) is 0 Å². The Morgan fingerprint density at radius 2 is 1.60 bits per heavy atom. The molecule has 0 saturated carbocycles. The van der Waals surface area contributed by atoms with E-state index in [9.17, 15) is 19.5 Å². The van der Waals surface area contributed by atoms with E-state index in [1.165, 1.54) is 14.2 Å². The van der Waals surface area contributed by atoms with Crippen LogP contribution in [0, 0.1) is 0 Å². The second kappa shape index (κ2) is 10.3. The highest BCUT2D eigenvalue weighted by molar-refractivity contribution is 5.97. The van der Waals surface area contributed by atoms with Gasteiger partial charge in [0.25, 0.3) is 5.91 Å². The van der Waals surface area contributed by atoms with Gasteiger partial charge >= 0.3 is 12.1 Å². The highest BCUT2D eigenvalue weighted by atomic mass is 16.5. The molecule has 0 radical (unpaired) electrons. The van der Waals surface area contributed by atoms with Crippen LogP contribution in [0.15, 0.2) is 66.7 Å². The first kappa shape index (κ1) is 23.8.